The maximum Gasteiger partial charge on any atom is 0.150 e. The van der Waals surface area contributed by atoms with Crippen molar-refractivity contribution in [3.05, 3.63) is 0 Å². The van der Waals surface area contributed by atoms with Crippen molar-refractivity contribution in [3.8, 4) is 0 Å². The summed E-state index contributed by atoms with van der Waals surface area (Å²) in [5.41, 5.74) is 0.157. The van der Waals surface area contributed by atoms with Crippen LogP contribution in [0.2, 0.25) is 0 Å². The molecule has 104 valence electrons. The van der Waals surface area contributed by atoms with Crippen LogP contribution in [-0.2, 0) is 9.84 Å². The average Bonchev–Trinajstić information content (AvgIpc) is 2.15. The van der Waals surface area contributed by atoms with Gasteiger partial charge in [0.25, 0.3) is 0 Å². The van der Waals surface area contributed by atoms with Crippen molar-refractivity contribution < 1.29 is 8.42 Å². The lowest BCUT2D eigenvalue weighted by atomic mass is 9.79. The molecule has 0 aliphatic heterocycles. The quantitative estimate of drug-likeness (QED) is 0.732. The van der Waals surface area contributed by atoms with E-state index >= 15 is 0 Å². The van der Waals surface area contributed by atoms with Gasteiger partial charge in [0.2, 0.25) is 0 Å². The fourth-order valence-electron chi connectivity index (χ4n) is 1.89. The molecule has 0 saturated heterocycles. The average molecular weight is 263 g/mol. The lowest BCUT2D eigenvalue weighted by Crippen LogP contribution is -2.33. The molecule has 0 heterocycles. The number of hydrogen-bond donors (Lipinski definition) is 1. The van der Waals surface area contributed by atoms with Gasteiger partial charge in [-0.1, -0.05) is 34.6 Å². The predicted molar refractivity (Wildman–Crippen MR) is 75.1 cm³/mol. The van der Waals surface area contributed by atoms with Gasteiger partial charge in [-0.05, 0) is 37.3 Å². The molecule has 1 atom stereocenters. The Hall–Kier alpha value is -0.0900. The highest BCUT2D eigenvalue weighted by Gasteiger charge is 2.25. The molecule has 3 nitrogen and oxygen atoms in total. The summed E-state index contributed by atoms with van der Waals surface area (Å²) in [4.78, 5) is 0. The van der Waals surface area contributed by atoms with Crippen LogP contribution in [-0.4, -0.2) is 33.0 Å². The minimum atomic E-state index is -2.84. The normalized spacial score (nSPS) is 14.9. The lowest BCUT2D eigenvalue weighted by molar-refractivity contribution is 0.227. The summed E-state index contributed by atoms with van der Waals surface area (Å²) in [6.45, 7) is 12.4. The fourth-order valence-corrected chi connectivity index (χ4v) is 3.36. The van der Waals surface area contributed by atoms with E-state index in [0.717, 1.165) is 25.9 Å². The number of nitrogens with one attached hydrogen (secondary N) is 1. The second kappa shape index (κ2) is 7.37. The monoisotopic (exact) mass is 263 g/mol. The van der Waals surface area contributed by atoms with Crippen LogP contribution >= 0.6 is 0 Å². The van der Waals surface area contributed by atoms with Gasteiger partial charge in [-0.3, -0.25) is 0 Å². The van der Waals surface area contributed by atoms with E-state index in [-0.39, 0.29) is 5.41 Å². The van der Waals surface area contributed by atoms with Crippen LogP contribution in [0, 0.1) is 11.3 Å². The molecule has 4 heteroatoms. The summed E-state index contributed by atoms with van der Waals surface area (Å²) in [5, 5.41) is 3.33. The second-order valence-electron chi connectivity index (χ2n) is 5.81. The van der Waals surface area contributed by atoms with Gasteiger partial charge in [-0.25, -0.2) is 8.42 Å². The van der Waals surface area contributed by atoms with E-state index < -0.39 is 9.84 Å². The molecule has 0 aliphatic rings. The summed E-state index contributed by atoms with van der Waals surface area (Å²) >= 11 is 0. The molecule has 0 fully saturated rings. The van der Waals surface area contributed by atoms with Crippen LogP contribution < -0.4 is 5.32 Å². The predicted octanol–water partition coefficient (Wildman–Crippen LogP) is 2.47. The molecular formula is C13H29NO2S. The molecule has 1 unspecified atom stereocenters. The zero-order valence-electron chi connectivity index (χ0n) is 12.0. The Labute approximate surface area is 107 Å². The first-order chi connectivity index (χ1) is 7.73. The third-order valence-electron chi connectivity index (χ3n) is 3.16. The molecule has 0 radical (unpaired) electrons. The van der Waals surface area contributed by atoms with Crippen molar-refractivity contribution in [2.75, 3.05) is 24.6 Å². The number of rotatable bonds is 8. The molecule has 0 aromatic rings. The van der Waals surface area contributed by atoms with Gasteiger partial charge in [0, 0.05) is 5.75 Å². The van der Waals surface area contributed by atoms with Gasteiger partial charge in [-0.2, -0.15) is 0 Å². The molecular weight excluding hydrogens is 234 g/mol. The van der Waals surface area contributed by atoms with E-state index in [1.807, 2.05) is 6.92 Å². The van der Waals surface area contributed by atoms with Crippen LogP contribution in [0.5, 0.6) is 0 Å². The van der Waals surface area contributed by atoms with Crippen LogP contribution in [0.3, 0.4) is 0 Å². The second-order valence-corrected chi connectivity index (χ2v) is 8.11. The molecule has 0 amide bonds. The largest absolute Gasteiger partial charge is 0.317 e. The van der Waals surface area contributed by atoms with Gasteiger partial charge in [0.1, 0.15) is 9.84 Å². The Balaban J connectivity index is 4.36. The summed E-state index contributed by atoms with van der Waals surface area (Å²) in [5.74, 6) is 1.06. The first-order valence-electron chi connectivity index (χ1n) is 6.64. The minimum absolute atomic E-state index is 0.157. The van der Waals surface area contributed by atoms with Gasteiger partial charge in [-0.15, -0.1) is 0 Å². The highest BCUT2D eigenvalue weighted by atomic mass is 32.2. The zero-order valence-corrected chi connectivity index (χ0v) is 12.9. The minimum Gasteiger partial charge on any atom is -0.317 e. The number of hydrogen-bond acceptors (Lipinski definition) is 3. The molecule has 0 bridgehead atoms. The maximum absolute atomic E-state index is 11.7. The zero-order chi connectivity index (χ0) is 13.5. The van der Waals surface area contributed by atoms with E-state index in [1.165, 1.54) is 0 Å². The third-order valence-corrected chi connectivity index (χ3v) is 5.05. The van der Waals surface area contributed by atoms with E-state index in [0.29, 0.717) is 17.4 Å². The summed E-state index contributed by atoms with van der Waals surface area (Å²) in [7, 11) is -2.84. The van der Waals surface area contributed by atoms with E-state index in [4.69, 9.17) is 0 Å². The summed E-state index contributed by atoms with van der Waals surface area (Å²) in [6.07, 6.45) is 1.48. The van der Waals surface area contributed by atoms with E-state index in [2.05, 4.69) is 33.0 Å². The SMILES string of the molecule is CCCS(=O)(=O)CCC(CNCC)C(C)(C)C. The van der Waals surface area contributed by atoms with Crippen LogP contribution in [0.15, 0.2) is 0 Å². The summed E-state index contributed by atoms with van der Waals surface area (Å²) < 4.78 is 23.4. The standard InChI is InChI=1S/C13H29NO2S/c1-6-9-17(15,16)10-8-12(11-14-7-2)13(3,4)5/h12,14H,6-11H2,1-5H3. The maximum atomic E-state index is 11.7. The van der Waals surface area contributed by atoms with Crippen LogP contribution in [0.4, 0.5) is 0 Å². The van der Waals surface area contributed by atoms with Crippen molar-refractivity contribution in [1.82, 2.24) is 5.32 Å². The summed E-state index contributed by atoms with van der Waals surface area (Å²) in [6, 6.07) is 0. The van der Waals surface area contributed by atoms with Crippen LogP contribution in [0.1, 0.15) is 47.5 Å². The van der Waals surface area contributed by atoms with Crippen molar-refractivity contribution in [3.63, 3.8) is 0 Å². The van der Waals surface area contributed by atoms with Crippen molar-refractivity contribution in [2.24, 2.45) is 11.3 Å². The fraction of sp³-hybridized carbons (Fsp3) is 1.00. The molecule has 0 aromatic heterocycles. The highest BCUT2D eigenvalue weighted by molar-refractivity contribution is 7.91. The van der Waals surface area contributed by atoms with Crippen LogP contribution in [0.25, 0.3) is 0 Å². The Morgan fingerprint density at radius 2 is 1.71 bits per heavy atom. The van der Waals surface area contributed by atoms with Crippen molar-refractivity contribution in [1.29, 1.82) is 0 Å². The molecule has 17 heavy (non-hydrogen) atoms. The Morgan fingerprint density at radius 3 is 2.12 bits per heavy atom. The Morgan fingerprint density at radius 1 is 1.12 bits per heavy atom. The van der Waals surface area contributed by atoms with Gasteiger partial charge in [0.05, 0.1) is 5.75 Å². The number of sulfone groups is 1. The molecule has 1 N–H and O–H groups in total. The highest BCUT2D eigenvalue weighted by Crippen LogP contribution is 2.28. The van der Waals surface area contributed by atoms with Crippen molar-refractivity contribution in [2.45, 2.75) is 47.5 Å². The molecule has 0 aliphatic carbocycles. The van der Waals surface area contributed by atoms with Crippen molar-refractivity contribution >= 4 is 9.84 Å². The smallest absolute Gasteiger partial charge is 0.150 e. The molecule has 0 rings (SSSR count). The molecule has 0 aromatic carbocycles. The third kappa shape index (κ3) is 7.77. The molecule has 0 saturated carbocycles. The Kier molecular flexibility index (Phi) is 7.33. The lowest BCUT2D eigenvalue weighted by Gasteiger charge is -2.31. The van der Waals surface area contributed by atoms with Gasteiger partial charge >= 0.3 is 0 Å². The molecule has 0 spiro atoms. The van der Waals surface area contributed by atoms with E-state index in [9.17, 15) is 8.42 Å². The van der Waals surface area contributed by atoms with E-state index in [1.54, 1.807) is 0 Å². The Bertz CT molecular complexity index is 291. The first-order valence-corrected chi connectivity index (χ1v) is 8.46. The first kappa shape index (κ1) is 16.9. The van der Waals surface area contributed by atoms with Gasteiger partial charge < -0.3 is 5.32 Å². The van der Waals surface area contributed by atoms with Gasteiger partial charge in [0.15, 0.2) is 0 Å². The topological polar surface area (TPSA) is 46.2 Å².